The van der Waals surface area contributed by atoms with Gasteiger partial charge in [0.15, 0.2) is 0 Å². The Bertz CT molecular complexity index is 518. The number of carboxylic acids is 1. The van der Waals surface area contributed by atoms with E-state index in [4.69, 9.17) is 5.11 Å². The largest absolute Gasteiger partial charge is 0.478 e. The number of rotatable bonds is 2. The number of aromatic nitrogens is 1. The van der Waals surface area contributed by atoms with Crippen LogP contribution in [0.25, 0.3) is 0 Å². The first-order chi connectivity index (χ1) is 9.65. The van der Waals surface area contributed by atoms with E-state index in [0.29, 0.717) is 6.04 Å². The second kappa shape index (κ2) is 5.40. The molecule has 2 aliphatic rings. The zero-order chi connectivity index (χ0) is 14.1. The van der Waals surface area contributed by atoms with Gasteiger partial charge in [0.1, 0.15) is 5.82 Å². The van der Waals surface area contributed by atoms with E-state index in [0.717, 1.165) is 31.0 Å². The fraction of sp³-hybridized carbons (Fsp3) is 0.600. The molecule has 3 rings (SSSR count). The second-order valence-electron chi connectivity index (χ2n) is 5.80. The minimum absolute atomic E-state index is 0.266. The Morgan fingerprint density at radius 1 is 1.35 bits per heavy atom. The van der Waals surface area contributed by atoms with Gasteiger partial charge in [0.25, 0.3) is 0 Å². The van der Waals surface area contributed by atoms with Gasteiger partial charge in [0.05, 0.1) is 5.56 Å². The van der Waals surface area contributed by atoms with Gasteiger partial charge in [-0.3, -0.25) is 4.90 Å². The molecule has 0 amide bonds. The summed E-state index contributed by atoms with van der Waals surface area (Å²) in [6, 6.07) is 2.36. The van der Waals surface area contributed by atoms with Crippen LogP contribution in [0.4, 0.5) is 5.82 Å². The van der Waals surface area contributed by atoms with Gasteiger partial charge in [-0.15, -0.1) is 0 Å². The molecule has 0 spiro atoms. The molecule has 1 N–H and O–H groups in total. The molecule has 2 fully saturated rings. The summed E-state index contributed by atoms with van der Waals surface area (Å²) in [4.78, 5) is 20.3. The summed E-state index contributed by atoms with van der Waals surface area (Å²) in [6.07, 6.45) is 5.38. The van der Waals surface area contributed by atoms with E-state index >= 15 is 0 Å². The quantitative estimate of drug-likeness (QED) is 0.891. The lowest BCUT2D eigenvalue weighted by atomic mass is 9.99. The highest BCUT2D eigenvalue weighted by molar-refractivity contribution is 5.87. The molecule has 1 unspecified atom stereocenters. The molecule has 0 aliphatic carbocycles. The molecular weight excluding hydrogens is 254 g/mol. The third kappa shape index (κ3) is 2.50. The molecule has 5 heteroatoms. The first kappa shape index (κ1) is 13.4. The second-order valence-corrected chi connectivity index (χ2v) is 5.80. The summed E-state index contributed by atoms with van der Waals surface area (Å²) in [7, 11) is 0. The van der Waals surface area contributed by atoms with Crippen molar-refractivity contribution in [1.82, 2.24) is 9.88 Å². The highest BCUT2D eigenvalue weighted by atomic mass is 16.4. The predicted molar refractivity (Wildman–Crippen MR) is 77.4 cm³/mol. The highest BCUT2D eigenvalue weighted by Gasteiger charge is 2.29. The summed E-state index contributed by atoms with van der Waals surface area (Å²) in [5.74, 6) is 0.0319. The Morgan fingerprint density at radius 2 is 2.20 bits per heavy atom. The van der Waals surface area contributed by atoms with Crippen LogP contribution < -0.4 is 4.90 Å². The molecule has 2 saturated heterocycles. The number of aromatic carboxylic acids is 1. The van der Waals surface area contributed by atoms with Crippen molar-refractivity contribution in [3.8, 4) is 0 Å². The molecule has 0 radical (unpaired) electrons. The van der Waals surface area contributed by atoms with Crippen LogP contribution in [0, 0.1) is 6.92 Å². The molecule has 0 saturated carbocycles. The fourth-order valence-electron chi connectivity index (χ4n) is 3.36. The molecule has 0 bridgehead atoms. The Morgan fingerprint density at radius 3 is 2.95 bits per heavy atom. The smallest absolute Gasteiger partial charge is 0.337 e. The van der Waals surface area contributed by atoms with Crippen molar-refractivity contribution >= 4 is 11.8 Å². The van der Waals surface area contributed by atoms with Crippen LogP contribution in [-0.2, 0) is 0 Å². The summed E-state index contributed by atoms with van der Waals surface area (Å²) < 4.78 is 0. The van der Waals surface area contributed by atoms with E-state index in [-0.39, 0.29) is 5.56 Å². The molecule has 1 aromatic rings. The predicted octanol–water partition coefficient (Wildman–Crippen LogP) is 1.76. The van der Waals surface area contributed by atoms with Gasteiger partial charge in [0, 0.05) is 31.9 Å². The summed E-state index contributed by atoms with van der Waals surface area (Å²) in [5, 5.41) is 9.00. The third-order valence-corrected chi connectivity index (χ3v) is 4.43. The van der Waals surface area contributed by atoms with Gasteiger partial charge in [-0.05, 0) is 37.9 Å². The summed E-state index contributed by atoms with van der Waals surface area (Å²) in [5.41, 5.74) is 1.22. The number of anilines is 1. The van der Waals surface area contributed by atoms with Gasteiger partial charge in [-0.1, -0.05) is 6.42 Å². The molecule has 2 aliphatic heterocycles. The molecule has 108 valence electrons. The number of hydrogen-bond acceptors (Lipinski definition) is 4. The SMILES string of the molecule is Cc1cc(C(=O)O)cnc1N1CCN2CCCCC2C1. The minimum atomic E-state index is -0.913. The van der Waals surface area contributed by atoms with Crippen molar-refractivity contribution < 1.29 is 9.90 Å². The van der Waals surface area contributed by atoms with Crippen molar-refractivity contribution in [3.05, 3.63) is 23.4 Å². The maximum absolute atomic E-state index is 11.0. The first-order valence-corrected chi connectivity index (χ1v) is 7.34. The molecule has 0 aromatic carbocycles. The summed E-state index contributed by atoms with van der Waals surface area (Å²) in [6.45, 7) is 6.26. The van der Waals surface area contributed by atoms with Crippen LogP contribution in [0.15, 0.2) is 12.3 Å². The molecular formula is C15H21N3O2. The highest BCUT2D eigenvalue weighted by Crippen LogP contribution is 2.26. The fourth-order valence-corrected chi connectivity index (χ4v) is 3.36. The number of hydrogen-bond donors (Lipinski definition) is 1. The maximum Gasteiger partial charge on any atom is 0.337 e. The Labute approximate surface area is 119 Å². The average Bonchev–Trinajstić information content (AvgIpc) is 2.46. The van der Waals surface area contributed by atoms with Crippen molar-refractivity contribution in [2.45, 2.75) is 32.2 Å². The van der Waals surface area contributed by atoms with Crippen LogP contribution in [-0.4, -0.2) is 53.2 Å². The lowest BCUT2D eigenvalue weighted by Crippen LogP contribution is -2.55. The number of fused-ring (bicyclic) bond motifs is 1. The van der Waals surface area contributed by atoms with Gasteiger partial charge < -0.3 is 10.0 Å². The normalized spacial score (nSPS) is 23.4. The lowest BCUT2D eigenvalue weighted by Gasteiger charge is -2.44. The Hall–Kier alpha value is -1.62. The summed E-state index contributed by atoms with van der Waals surface area (Å²) >= 11 is 0. The van der Waals surface area contributed by atoms with Gasteiger partial charge in [-0.2, -0.15) is 0 Å². The number of carbonyl (C=O) groups is 1. The third-order valence-electron chi connectivity index (χ3n) is 4.43. The zero-order valence-corrected chi connectivity index (χ0v) is 11.9. The molecule has 20 heavy (non-hydrogen) atoms. The number of nitrogens with zero attached hydrogens (tertiary/aromatic N) is 3. The van der Waals surface area contributed by atoms with E-state index < -0.39 is 5.97 Å². The lowest BCUT2D eigenvalue weighted by molar-refractivity contribution is 0.0696. The minimum Gasteiger partial charge on any atom is -0.478 e. The molecule has 5 nitrogen and oxygen atoms in total. The van der Waals surface area contributed by atoms with Crippen molar-refractivity contribution in [2.75, 3.05) is 31.1 Å². The van der Waals surface area contributed by atoms with Crippen molar-refractivity contribution in [3.63, 3.8) is 0 Å². The van der Waals surface area contributed by atoms with Crippen LogP contribution in [0.2, 0.25) is 0 Å². The van der Waals surface area contributed by atoms with Gasteiger partial charge in [0.2, 0.25) is 0 Å². The van der Waals surface area contributed by atoms with E-state index in [9.17, 15) is 4.79 Å². The molecule has 3 heterocycles. The molecule has 1 aromatic heterocycles. The van der Waals surface area contributed by atoms with Gasteiger partial charge >= 0.3 is 5.97 Å². The van der Waals surface area contributed by atoms with Crippen molar-refractivity contribution in [2.24, 2.45) is 0 Å². The maximum atomic E-state index is 11.0. The standard InChI is InChI=1S/C15H21N3O2/c1-11-8-12(15(19)20)9-16-14(11)18-7-6-17-5-3-2-4-13(17)10-18/h8-9,13H,2-7,10H2,1H3,(H,19,20). The van der Waals surface area contributed by atoms with E-state index in [1.807, 2.05) is 6.92 Å². The number of piperazine rings is 1. The Kier molecular flexibility index (Phi) is 3.61. The monoisotopic (exact) mass is 275 g/mol. The van der Waals surface area contributed by atoms with Crippen LogP contribution in [0.3, 0.4) is 0 Å². The zero-order valence-electron chi connectivity index (χ0n) is 11.9. The van der Waals surface area contributed by atoms with Gasteiger partial charge in [-0.25, -0.2) is 9.78 Å². The number of aryl methyl sites for hydroxylation is 1. The number of carboxylic acid groups (broad SMARTS) is 1. The topological polar surface area (TPSA) is 56.7 Å². The van der Waals surface area contributed by atoms with E-state index in [1.165, 1.54) is 32.0 Å². The molecule has 1 atom stereocenters. The first-order valence-electron chi connectivity index (χ1n) is 7.34. The van der Waals surface area contributed by atoms with Crippen LogP contribution in [0.1, 0.15) is 35.2 Å². The number of pyridine rings is 1. The van der Waals surface area contributed by atoms with E-state index in [1.54, 1.807) is 6.07 Å². The number of piperidine rings is 1. The Balaban J connectivity index is 1.78. The average molecular weight is 275 g/mol. The van der Waals surface area contributed by atoms with E-state index in [2.05, 4.69) is 14.8 Å². The van der Waals surface area contributed by atoms with Crippen LogP contribution in [0.5, 0.6) is 0 Å². The van der Waals surface area contributed by atoms with Crippen molar-refractivity contribution in [1.29, 1.82) is 0 Å². The van der Waals surface area contributed by atoms with Crippen LogP contribution >= 0.6 is 0 Å².